The number of rotatable bonds is 6. The summed E-state index contributed by atoms with van der Waals surface area (Å²) in [5.41, 5.74) is 0.832. The van der Waals surface area contributed by atoms with Crippen LogP contribution in [0, 0.1) is 11.3 Å². The summed E-state index contributed by atoms with van der Waals surface area (Å²) < 4.78 is 31.0. The van der Waals surface area contributed by atoms with Gasteiger partial charge >= 0.3 is 6.61 Å². The number of nitriles is 1. The van der Waals surface area contributed by atoms with Gasteiger partial charge in [-0.1, -0.05) is 28.1 Å². The average molecular weight is 476 g/mol. The van der Waals surface area contributed by atoms with Crippen molar-refractivity contribution in [3.05, 3.63) is 74.5 Å². The zero-order valence-corrected chi connectivity index (χ0v) is 17.4. The number of ether oxygens (including phenoxy) is 1. The fourth-order valence-electron chi connectivity index (χ4n) is 2.98. The van der Waals surface area contributed by atoms with Gasteiger partial charge in [-0.15, -0.1) is 0 Å². The second-order valence-electron chi connectivity index (χ2n) is 6.55. The first kappa shape index (κ1) is 21.5. The van der Waals surface area contributed by atoms with Crippen molar-refractivity contribution in [1.82, 2.24) is 9.47 Å². The molecule has 3 rings (SSSR count). The van der Waals surface area contributed by atoms with Crippen LogP contribution >= 0.6 is 15.9 Å². The second kappa shape index (κ2) is 9.05. The minimum Gasteiger partial charge on any atom is -0.435 e. The van der Waals surface area contributed by atoms with Gasteiger partial charge in [-0.2, -0.15) is 14.0 Å². The van der Waals surface area contributed by atoms with Crippen molar-refractivity contribution in [2.75, 3.05) is 7.05 Å². The first-order chi connectivity index (χ1) is 14.3. The molecule has 30 heavy (non-hydrogen) atoms. The molecule has 0 aliphatic rings. The van der Waals surface area contributed by atoms with E-state index in [-0.39, 0.29) is 30.3 Å². The summed E-state index contributed by atoms with van der Waals surface area (Å²) >= 11 is 3.31. The molecule has 0 fully saturated rings. The highest BCUT2D eigenvalue weighted by atomic mass is 79.9. The summed E-state index contributed by atoms with van der Waals surface area (Å²) in [7, 11) is 1.61. The molecule has 1 amide bonds. The van der Waals surface area contributed by atoms with Crippen LogP contribution in [0.2, 0.25) is 0 Å². The van der Waals surface area contributed by atoms with Crippen LogP contribution in [-0.4, -0.2) is 29.0 Å². The maximum absolute atomic E-state index is 12.7. The number of carbonyl (C=O) groups excluding carboxylic acids is 1. The lowest BCUT2D eigenvalue weighted by Gasteiger charge is -2.19. The lowest BCUT2D eigenvalue weighted by molar-refractivity contribution is -0.131. The van der Waals surface area contributed by atoms with E-state index >= 15 is 0 Å². The third-order valence-electron chi connectivity index (χ3n) is 4.46. The zero-order chi connectivity index (χ0) is 21.8. The fourth-order valence-corrected chi connectivity index (χ4v) is 3.35. The molecular formula is C21H16BrF2N3O3. The van der Waals surface area contributed by atoms with Crippen LogP contribution < -0.4 is 10.2 Å². The van der Waals surface area contributed by atoms with Crippen LogP contribution in [-0.2, 0) is 17.9 Å². The van der Waals surface area contributed by atoms with Crippen molar-refractivity contribution in [2.24, 2.45) is 0 Å². The third-order valence-corrected chi connectivity index (χ3v) is 4.96. The standard InChI is InChI=1S/C21H16BrF2N3O3/c1-26(10-13-2-5-16(6-3-13)30-21(23)24)19(28)12-27-11-14(9-25)20(29)17-8-15(22)4-7-18(17)27/h2-8,11,21H,10,12H2,1H3. The predicted molar refractivity (Wildman–Crippen MR) is 110 cm³/mol. The summed E-state index contributed by atoms with van der Waals surface area (Å²) in [5.74, 6) is -0.211. The molecule has 0 atom stereocenters. The number of likely N-dealkylation sites (N-methyl/N-ethyl adjacent to an activating group) is 1. The molecule has 1 heterocycles. The van der Waals surface area contributed by atoms with Gasteiger partial charge in [0.15, 0.2) is 0 Å². The van der Waals surface area contributed by atoms with Gasteiger partial charge in [-0.3, -0.25) is 9.59 Å². The Labute approximate surface area is 179 Å². The molecule has 2 aromatic carbocycles. The van der Waals surface area contributed by atoms with Crippen molar-refractivity contribution in [3.63, 3.8) is 0 Å². The lowest BCUT2D eigenvalue weighted by Crippen LogP contribution is -2.30. The van der Waals surface area contributed by atoms with Crippen molar-refractivity contribution in [2.45, 2.75) is 19.7 Å². The highest BCUT2D eigenvalue weighted by Crippen LogP contribution is 2.19. The van der Waals surface area contributed by atoms with Gasteiger partial charge in [0.1, 0.15) is 23.9 Å². The van der Waals surface area contributed by atoms with E-state index in [1.807, 2.05) is 6.07 Å². The number of halogens is 3. The molecule has 0 N–H and O–H groups in total. The molecule has 0 bridgehead atoms. The van der Waals surface area contributed by atoms with E-state index in [1.165, 1.54) is 23.2 Å². The molecule has 0 unspecified atom stereocenters. The van der Waals surface area contributed by atoms with E-state index < -0.39 is 12.0 Å². The van der Waals surface area contributed by atoms with E-state index in [0.717, 1.165) is 5.56 Å². The Bertz CT molecular complexity index is 1190. The smallest absolute Gasteiger partial charge is 0.387 e. The number of amides is 1. The van der Waals surface area contributed by atoms with E-state index in [9.17, 15) is 23.6 Å². The summed E-state index contributed by atoms with van der Waals surface area (Å²) in [6.07, 6.45) is 1.38. The highest BCUT2D eigenvalue weighted by Gasteiger charge is 2.15. The highest BCUT2D eigenvalue weighted by molar-refractivity contribution is 9.10. The fraction of sp³-hybridized carbons (Fsp3) is 0.190. The molecule has 6 nitrogen and oxygen atoms in total. The number of hydrogen-bond acceptors (Lipinski definition) is 4. The lowest BCUT2D eigenvalue weighted by atomic mass is 10.1. The predicted octanol–water partition coefficient (Wildman–Crippen LogP) is 3.90. The Morgan fingerprint density at radius 3 is 2.60 bits per heavy atom. The van der Waals surface area contributed by atoms with Gasteiger partial charge in [-0.25, -0.2) is 0 Å². The SMILES string of the molecule is CN(Cc1ccc(OC(F)F)cc1)C(=O)Cn1cc(C#N)c(=O)c2cc(Br)ccc21. The largest absolute Gasteiger partial charge is 0.435 e. The van der Waals surface area contributed by atoms with E-state index in [4.69, 9.17) is 0 Å². The number of fused-ring (bicyclic) bond motifs is 1. The molecule has 3 aromatic rings. The first-order valence-corrected chi connectivity index (χ1v) is 9.58. The van der Waals surface area contributed by atoms with Crippen LogP contribution in [0.1, 0.15) is 11.1 Å². The van der Waals surface area contributed by atoms with Gasteiger partial charge in [0.25, 0.3) is 0 Å². The minimum absolute atomic E-state index is 0.0395. The Hall–Kier alpha value is -3.25. The molecule has 0 spiro atoms. The van der Waals surface area contributed by atoms with E-state index in [2.05, 4.69) is 20.7 Å². The van der Waals surface area contributed by atoms with E-state index in [0.29, 0.717) is 15.4 Å². The number of alkyl halides is 2. The van der Waals surface area contributed by atoms with Gasteiger partial charge < -0.3 is 14.2 Å². The van der Waals surface area contributed by atoms with Crippen molar-refractivity contribution >= 4 is 32.7 Å². The number of aromatic nitrogens is 1. The van der Waals surface area contributed by atoms with Crippen molar-refractivity contribution in [3.8, 4) is 11.8 Å². The maximum Gasteiger partial charge on any atom is 0.387 e. The number of nitrogens with zero attached hydrogens (tertiary/aromatic N) is 3. The third kappa shape index (κ3) is 4.83. The normalized spacial score (nSPS) is 10.8. The summed E-state index contributed by atoms with van der Waals surface area (Å²) in [4.78, 5) is 26.6. The maximum atomic E-state index is 12.7. The first-order valence-electron chi connectivity index (χ1n) is 8.79. The number of hydrogen-bond donors (Lipinski definition) is 0. The van der Waals surface area contributed by atoms with Crippen molar-refractivity contribution in [1.29, 1.82) is 5.26 Å². The number of pyridine rings is 1. The van der Waals surface area contributed by atoms with Gasteiger partial charge in [0, 0.05) is 29.6 Å². The second-order valence-corrected chi connectivity index (χ2v) is 7.46. The molecule has 0 aliphatic heterocycles. The minimum atomic E-state index is -2.90. The Morgan fingerprint density at radius 1 is 1.27 bits per heavy atom. The zero-order valence-electron chi connectivity index (χ0n) is 15.8. The summed E-state index contributed by atoms with van der Waals surface area (Å²) in [6, 6.07) is 13.0. The molecule has 0 radical (unpaired) electrons. The molecule has 0 aliphatic carbocycles. The average Bonchev–Trinajstić information content (AvgIpc) is 2.71. The van der Waals surface area contributed by atoms with E-state index in [1.54, 1.807) is 41.9 Å². The molecule has 0 saturated carbocycles. The Kier molecular flexibility index (Phi) is 6.47. The Morgan fingerprint density at radius 2 is 1.97 bits per heavy atom. The quantitative estimate of drug-likeness (QED) is 0.541. The van der Waals surface area contributed by atoms with Crippen LogP contribution in [0.15, 0.2) is 57.9 Å². The number of carbonyl (C=O) groups is 1. The molecule has 154 valence electrons. The Balaban J connectivity index is 1.80. The molecule has 0 saturated heterocycles. The molecule has 1 aromatic heterocycles. The van der Waals surface area contributed by atoms with Crippen LogP contribution in [0.4, 0.5) is 8.78 Å². The topological polar surface area (TPSA) is 75.3 Å². The number of benzene rings is 2. The monoisotopic (exact) mass is 475 g/mol. The summed E-state index contributed by atoms with van der Waals surface area (Å²) in [5, 5.41) is 9.60. The van der Waals surface area contributed by atoms with Crippen LogP contribution in [0.3, 0.4) is 0 Å². The molecule has 9 heteroatoms. The van der Waals surface area contributed by atoms with Crippen molar-refractivity contribution < 1.29 is 18.3 Å². The molecular weight excluding hydrogens is 460 g/mol. The van der Waals surface area contributed by atoms with Crippen LogP contribution in [0.25, 0.3) is 10.9 Å². The van der Waals surface area contributed by atoms with Gasteiger partial charge in [0.2, 0.25) is 11.3 Å². The van der Waals surface area contributed by atoms with Crippen LogP contribution in [0.5, 0.6) is 5.75 Å². The van der Waals surface area contributed by atoms with Gasteiger partial charge in [0.05, 0.1) is 5.52 Å². The van der Waals surface area contributed by atoms with Gasteiger partial charge in [-0.05, 0) is 35.9 Å². The summed E-state index contributed by atoms with van der Waals surface area (Å²) in [6.45, 7) is -2.72.